The zero-order chi connectivity index (χ0) is 18.4. The molecule has 1 aliphatic carbocycles. The van der Waals surface area contributed by atoms with Crippen molar-refractivity contribution in [3.63, 3.8) is 0 Å². The van der Waals surface area contributed by atoms with Crippen molar-refractivity contribution in [2.24, 2.45) is 5.92 Å². The Bertz CT molecular complexity index is 561. The summed E-state index contributed by atoms with van der Waals surface area (Å²) >= 11 is 0. The molecule has 0 radical (unpaired) electrons. The summed E-state index contributed by atoms with van der Waals surface area (Å²) in [5.74, 6) is 1.61. The van der Waals surface area contributed by atoms with Crippen LogP contribution in [0.4, 0.5) is 4.79 Å². The van der Waals surface area contributed by atoms with Crippen molar-refractivity contribution in [2.45, 2.75) is 45.1 Å². The molecule has 1 atom stereocenters. The molecule has 0 N–H and O–H groups in total. The van der Waals surface area contributed by atoms with Gasteiger partial charge in [-0.3, -0.25) is 4.90 Å². The number of hydrogen-bond acceptors (Lipinski definition) is 4. The van der Waals surface area contributed by atoms with Crippen LogP contribution in [0.15, 0.2) is 24.3 Å². The van der Waals surface area contributed by atoms with Crippen LogP contribution in [0.5, 0.6) is 5.75 Å². The third kappa shape index (κ3) is 4.50. The van der Waals surface area contributed by atoms with Crippen molar-refractivity contribution in [3.8, 4) is 5.75 Å². The van der Waals surface area contributed by atoms with E-state index in [0.29, 0.717) is 18.6 Å². The minimum atomic E-state index is -0.175. The number of methoxy groups -OCH3 is 1. The van der Waals surface area contributed by atoms with E-state index < -0.39 is 0 Å². The first kappa shape index (κ1) is 19.0. The third-order valence-corrected chi connectivity index (χ3v) is 5.79. The van der Waals surface area contributed by atoms with Gasteiger partial charge in [0.05, 0.1) is 13.7 Å². The number of carbonyl (C=O) groups excluding carboxylic acids is 1. The second-order valence-electron chi connectivity index (χ2n) is 7.34. The molecule has 1 amide bonds. The molecule has 5 heteroatoms. The zero-order valence-electron chi connectivity index (χ0n) is 16.2. The molecule has 5 nitrogen and oxygen atoms in total. The van der Waals surface area contributed by atoms with Crippen LogP contribution in [0.1, 0.15) is 50.6 Å². The Morgan fingerprint density at radius 3 is 2.31 bits per heavy atom. The normalized spacial score (nSPS) is 20.6. The van der Waals surface area contributed by atoms with Gasteiger partial charge in [-0.05, 0) is 43.4 Å². The van der Waals surface area contributed by atoms with Crippen LogP contribution < -0.4 is 4.74 Å². The summed E-state index contributed by atoms with van der Waals surface area (Å²) in [5.41, 5.74) is 1.38. The van der Waals surface area contributed by atoms with E-state index in [0.717, 1.165) is 31.9 Å². The second-order valence-corrected chi connectivity index (χ2v) is 7.34. The van der Waals surface area contributed by atoms with E-state index in [1.807, 2.05) is 11.8 Å². The molecule has 2 fully saturated rings. The third-order valence-electron chi connectivity index (χ3n) is 5.79. The van der Waals surface area contributed by atoms with Gasteiger partial charge in [0.2, 0.25) is 0 Å². The lowest BCUT2D eigenvalue weighted by Crippen LogP contribution is -2.51. The molecule has 1 saturated carbocycles. The van der Waals surface area contributed by atoms with Gasteiger partial charge in [-0.1, -0.05) is 31.4 Å². The van der Waals surface area contributed by atoms with E-state index in [-0.39, 0.29) is 6.09 Å². The molecule has 144 valence electrons. The van der Waals surface area contributed by atoms with Crippen molar-refractivity contribution < 1.29 is 14.3 Å². The summed E-state index contributed by atoms with van der Waals surface area (Å²) in [7, 11) is 1.71. The Hall–Kier alpha value is -1.75. The van der Waals surface area contributed by atoms with Gasteiger partial charge < -0.3 is 14.4 Å². The van der Waals surface area contributed by atoms with E-state index in [9.17, 15) is 4.79 Å². The zero-order valence-corrected chi connectivity index (χ0v) is 16.2. The number of benzene rings is 1. The highest BCUT2D eigenvalue weighted by atomic mass is 16.6. The molecule has 1 heterocycles. The fraction of sp³-hybridized carbons (Fsp3) is 0.667. The Kier molecular flexibility index (Phi) is 6.78. The Morgan fingerprint density at radius 1 is 1.08 bits per heavy atom. The second kappa shape index (κ2) is 9.26. The molecule has 0 bridgehead atoms. The van der Waals surface area contributed by atoms with Crippen LogP contribution in [0, 0.1) is 5.92 Å². The number of carbonyl (C=O) groups is 1. The van der Waals surface area contributed by atoms with Gasteiger partial charge in [0.1, 0.15) is 5.75 Å². The van der Waals surface area contributed by atoms with Crippen LogP contribution in [-0.2, 0) is 4.74 Å². The van der Waals surface area contributed by atoms with Gasteiger partial charge in [-0.15, -0.1) is 0 Å². The maximum absolute atomic E-state index is 12.0. The Labute approximate surface area is 157 Å². The van der Waals surface area contributed by atoms with Gasteiger partial charge in [0, 0.05) is 32.2 Å². The molecule has 1 unspecified atom stereocenters. The largest absolute Gasteiger partial charge is 0.497 e. The highest BCUT2D eigenvalue weighted by Crippen LogP contribution is 2.39. The number of ether oxygens (including phenoxy) is 2. The summed E-state index contributed by atoms with van der Waals surface area (Å²) in [4.78, 5) is 16.4. The van der Waals surface area contributed by atoms with Crippen molar-refractivity contribution in [2.75, 3.05) is 39.9 Å². The number of hydrogen-bond donors (Lipinski definition) is 0. The smallest absolute Gasteiger partial charge is 0.409 e. The molecule has 0 aromatic heterocycles. The van der Waals surface area contributed by atoms with E-state index in [4.69, 9.17) is 9.47 Å². The van der Waals surface area contributed by atoms with E-state index in [1.165, 1.54) is 37.7 Å². The highest BCUT2D eigenvalue weighted by Gasteiger charge is 2.33. The van der Waals surface area contributed by atoms with Crippen molar-refractivity contribution in [1.29, 1.82) is 0 Å². The monoisotopic (exact) mass is 360 g/mol. The van der Waals surface area contributed by atoms with Gasteiger partial charge >= 0.3 is 6.09 Å². The van der Waals surface area contributed by atoms with Gasteiger partial charge in [0.15, 0.2) is 0 Å². The molecule has 2 aliphatic rings. The Morgan fingerprint density at radius 2 is 1.73 bits per heavy atom. The fourth-order valence-corrected chi connectivity index (χ4v) is 4.43. The first-order chi connectivity index (χ1) is 12.7. The van der Waals surface area contributed by atoms with Crippen molar-refractivity contribution in [1.82, 2.24) is 9.80 Å². The van der Waals surface area contributed by atoms with Gasteiger partial charge in [0.25, 0.3) is 0 Å². The molecule has 26 heavy (non-hydrogen) atoms. The summed E-state index contributed by atoms with van der Waals surface area (Å²) in [6.45, 7) is 5.61. The van der Waals surface area contributed by atoms with Crippen LogP contribution in [-0.4, -0.2) is 55.8 Å². The van der Waals surface area contributed by atoms with Gasteiger partial charge in [-0.2, -0.15) is 0 Å². The van der Waals surface area contributed by atoms with E-state index in [1.54, 1.807) is 7.11 Å². The average molecular weight is 360 g/mol. The number of piperazine rings is 1. The maximum atomic E-state index is 12.0. The van der Waals surface area contributed by atoms with Crippen molar-refractivity contribution in [3.05, 3.63) is 29.8 Å². The maximum Gasteiger partial charge on any atom is 0.409 e. The number of nitrogens with zero attached hydrogens (tertiary/aromatic N) is 2. The summed E-state index contributed by atoms with van der Waals surface area (Å²) in [6, 6.07) is 9.01. The summed E-state index contributed by atoms with van der Waals surface area (Å²) in [5, 5.41) is 0. The van der Waals surface area contributed by atoms with Crippen molar-refractivity contribution >= 4 is 6.09 Å². The first-order valence-electron chi connectivity index (χ1n) is 10.0. The van der Waals surface area contributed by atoms with Crippen LogP contribution in [0.25, 0.3) is 0 Å². The minimum absolute atomic E-state index is 0.175. The molecule has 1 aromatic rings. The molecular formula is C21H32N2O3. The Balaban J connectivity index is 1.72. The van der Waals surface area contributed by atoms with E-state index >= 15 is 0 Å². The molecule has 1 saturated heterocycles. The number of amides is 1. The first-order valence-corrected chi connectivity index (χ1v) is 10.0. The predicted molar refractivity (Wildman–Crippen MR) is 102 cm³/mol. The van der Waals surface area contributed by atoms with Gasteiger partial charge in [-0.25, -0.2) is 4.79 Å². The predicted octanol–water partition coefficient (Wildman–Crippen LogP) is 4.09. The lowest BCUT2D eigenvalue weighted by Gasteiger charge is -2.43. The molecule has 1 aromatic carbocycles. The number of rotatable bonds is 5. The van der Waals surface area contributed by atoms with Crippen LogP contribution in [0.2, 0.25) is 0 Å². The van der Waals surface area contributed by atoms with E-state index in [2.05, 4.69) is 29.2 Å². The summed E-state index contributed by atoms with van der Waals surface area (Å²) in [6.07, 6.45) is 6.46. The lowest BCUT2D eigenvalue weighted by molar-refractivity contribution is 0.0456. The molecular weight excluding hydrogens is 328 g/mol. The molecule has 1 aliphatic heterocycles. The fourth-order valence-electron chi connectivity index (χ4n) is 4.43. The van der Waals surface area contributed by atoms with Crippen LogP contribution in [0.3, 0.4) is 0 Å². The van der Waals surface area contributed by atoms with Crippen LogP contribution >= 0.6 is 0 Å². The standard InChI is InChI=1S/C21H32N2O3/c1-3-26-21(24)23-15-13-22(14-16-23)20(17-7-5-4-6-8-17)18-9-11-19(25-2)12-10-18/h9-12,17,20H,3-8,13-16H2,1-2H3. The minimum Gasteiger partial charge on any atom is -0.497 e. The quantitative estimate of drug-likeness (QED) is 0.793. The topological polar surface area (TPSA) is 42.0 Å². The average Bonchev–Trinajstić information content (AvgIpc) is 2.70. The summed E-state index contributed by atoms with van der Waals surface area (Å²) < 4.78 is 10.5. The SMILES string of the molecule is CCOC(=O)N1CCN(C(c2ccc(OC)cc2)C2CCCCC2)CC1. The molecule has 0 spiro atoms. The highest BCUT2D eigenvalue weighted by molar-refractivity contribution is 5.67. The lowest BCUT2D eigenvalue weighted by atomic mass is 9.80. The molecule has 3 rings (SSSR count).